The Morgan fingerprint density at radius 1 is 1.19 bits per heavy atom. The molecule has 2 rings (SSSR count). The summed E-state index contributed by atoms with van der Waals surface area (Å²) in [5.41, 5.74) is -1.05. The van der Waals surface area contributed by atoms with Crippen molar-refractivity contribution < 1.29 is 22.4 Å². The Bertz CT molecular complexity index is 867. The van der Waals surface area contributed by atoms with Crippen LogP contribution in [0.1, 0.15) is 29.7 Å². The van der Waals surface area contributed by atoms with Crippen molar-refractivity contribution in [2.45, 2.75) is 19.1 Å². The fourth-order valence-electron chi connectivity index (χ4n) is 2.27. The van der Waals surface area contributed by atoms with Gasteiger partial charge in [0, 0.05) is 0 Å². The van der Waals surface area contributed by atoms with Crippen molar-refractivity contribution in [2.24, 2.45) is 0 Å². The first-order valence-electron chi connectivity index (χ1n) is 7.56. The third kappa shape index (κ3) is 4.93. The summed E-state index contributed by atoms with van der Waals surface area (Å²) in [6.07, 6.45) is -3.81. The van der Waals surface area contributed by atoms with Crippen molar-refractivity contribution >= 4 is 12.0 Å². The van der Waals surface area contributed by atoms with Gasteiger partial charge >= 0.3 is 6.18 Å². The van der Waals surface area contributed by atoms with Gasteiger partial charge < -0.3 is 5.32 Å². The SMILES string of the molecule is C[C@H](NC(=O)/C(C#N)=C/c1cc(F)cc(C(F)(F)F)c1)c1ccccc1. The molecule has 0 unspecified atom stereocenters. The molecule has 0 aliphatic rings. The quantitative estimate of drug-likeness (QED) is 0.490. The van der Waals surface area contributed by atoms with E-state index in [2.05, 4.69) is 5.32 Å². The van der Waals surface area contributed by atoms with Crippen LogP contribution in [0.4, 0.5) is 17.6 Å². The molecule has 0 radical (unpaired) electrons. The van der Waals surface area contributed by atoms with Gasteiger partial charge in [0.25, 0.3) is 5.91 Å². The number of carbonyl (C=O) groups excluding carboxylic acids is 1. The van der Waals surface area contributed by atoms with Crippen LogP contribution in [0.2, 0.25) is 0 Å². The lowest BCUT2D eigenvalue weighted by atomic mass is 10.1. The Balaban J connectivity index is 2.26. The lowest BCUT2D eigenvalue weighted by Crippen LogP contribution is -2.27. The average molecular weight is 362 g/mol. The lowest BCUT2D eigenvalue weighted by Gasteiger charge is -2.14. The highest BCUT2D eigenvalue weighted by molar-refractivity contribution is 6.01. The molecule has 0 bridgehead atoms. The monoisotopic (exact) mass is 362 g/mol. The van der Waals surface area contributed by atoms with Gasteiger partial charge in [-0.05, 0) is 42.3 Å². The molecule has 3 nitrogen and oxygen atoms in total. The smallest absolute Gasteiger partial charge is 0.345 e. The Kier molecular flexibility index (Phi) is 5.78. The normalized spacial score (nSPS) is 13.0. The van der Waals surface area contributed by atoms with Crippen molar-refractivity contribution in [2.75, 3.05) is 0 Å². The zero-order valence-electron chi connectivity index (χ0n) is 13.6. The molecule has 0 aliphatic carbocycles. The topological polar surface area (TPSA) is 52.9 Å². The van der Waals surface area contributed by atoms with Crippen LogP contribution in [0.15, 0.2) is 54.1 Å². The van der Waals surface area contributed by atoms with Crippen LogP contribution in [-0.2, 0) is 11.0 Å². The standard InChI is InChI=1S/C19H14F4N2O/c1-12(14-5-3-2-4-6-14)25-18(26)15(11-24)7-13-8-16(19(21,22)23)10-17(20)9-13/h2-10,12H,1H3,(H,25,26)/b15-7+/t12-/m0/s1. The first-order chi connectivity index (χ1) is 12.2. The molecular formula is C19H14F4N2O. The minimum absolute atomic E-state index is 0.226. The Labute approximate surface area is 147 Å². The summed E-state index contributed by atoms with van der Waals surface area (Å²) in [4.78, 5) is 12.2. The van der Waals surface area contributed by atoms with Gasteiger partial charge in [0.05, 0.1) is 11.6 Å². The fraction of sp³-hybridized carbons (Fsp3) is 0.158. The minimum Gasteiger partial charge on any atom is -0.345 e. The maximum absolute atomic E-state index is 13.4. The molecule has 0 heterocycles. The molecule has 0 fully saturated rings. The van der Waals surface area contributed by atoms with Crippen molar-refractivity contribution in [3.05, 3.63) is 76.6 Å². The summed E-state index contributed by atoms with van der Waals surface area (Å²) < 4.78 is 51.7. The van der Waals surface area contributed by atoms with Crippen molar-refractivity contribution in [1.82, 2.24) is 5.32 Å². The molecule has 1 amide bonds. The Morgan fingerprint density at radius 3 is 2.42 bits per heavy atom. The van der Waals surface area contributed by atoms with Crippen LogP contribution >= 0.6 is 0 Å². The minimum atomic E-state index is -4.73. The Morgan fingerprint density at radius 2 is 1.85 bits per heavy atom. The van der Waals surface area contributed by atoms with Crippen LogP contribution < -0.4 is 5.32 Å². The summed E-state index contributed by atoms with van der Waals surface area (Å²) in [5.74, 6) is -1.87. The molecule has 0 saturated heterocycles. The second kappa shape index (κ2) is 7.83. The molecule has 26 heavy (non-hydrogen) atoms. The van der Waals surface area contributed by atoms with Gasteiger partial charge in [-0.3, -0.25) is 4.79 Å². The molecule has 2 aromatic carbocycles. The van der Waals surface area contributed by atoms with E-state index in [0.29, 0.717) is 12.1 Å². The molecule has 1 atom stereocenters. The molecule has 0 aromatic heterocycles. The number of alkyl halides is 3. The number of nitriles is 1. The highest BCUT2D eigenvalue weighted by Gasteiger charge is 2.31. The number of hydrogen-bond donors (Lipinski definition) is 1. The zero-order chi connectivity index (χ0) is 19.3. The first kappa shape index (κ1) is 19.2. The maximum atomic E-state index is 13.4. The van der Waals surface area contributed by atoms with E-state index in [1.807, 2.05) is 0 Å². The summed E-state index contributed by atoms with van der Waals surface area (Å²) in [6, 6.07) is 12.0. The second-order valence-corrected chi connectivity index (χ2v) is 5.55. The molecule has 0 aliphatic heterocycles. The van der Waals surface area contributed by atoms with Crippen molar-refractivity contribution in [1.29, 1.82) is 5.26 Å². The average Bonchev–Trinajstić information content (AvgIpc) is 2.59. The van der Waals surface area contributed by atoms with E-state index >= 15 is 0 Å². The number of carbonyl (C=O) groups is 1. The zero-order valence-corrected chi connectivity index (χ0v) is 13.6. The number of rotatable bonds is 4. The fourth-order valence-corrected chi connectivity index (χ4v) is 2.27. The van der Waals surface area contributed by atoms with Crippen LogP contribution in [0.5, 0.6) is 0 Å². The van der Waals surface area contributed by atoms with E-state index in [9.17, 15) is 22.4 Å². The van der Waals surface area contributed by atoms with Gasteiger partial charge in [-0.1, -0.05) is 30.3 Å². The maximum Gasteiger partial charge on any atom is 0.416 e. The van der Waals surface area contributed by atoms with Crippen molar-refractivity contribution in [3.63, 3.8) is 0 Å². The number of nitrogens with one attached hydrogen (secondary N) is 1. The summed E-state index contributed by atoms with van der Waals surface area (Å²) in [6.45, 7) is 1.70. The predicted octanol–water partition coefficient (Wildman–Crippen LogP) is 4.63. The van der Waals surface area contributed by atoms with Gasteiger partial charge in [-0.2, -0.15) is 18.4 Å². The number of hydrogen-bond acceptors (Lipinski definition) is 2. The van der Waals surface area contributed by atoms with Gasteiger partial charge in [-0.15, -0.1) is 0 Å². The molecule has 134 valence electrons. The predicted molar refractivity (Wildman–Crippen MR) is 88.0 cm³/mol. The summed E-state index contributed by atoms with van der Waals surface area (Å²) >= 11 is 0. The van der Waals surface area contributed by atoms with Gasteiger partial charge in [-0.25, -0.2) is 4.39 Å². The molecule has 0 saturated carbocycles. The number of benzene rings is 2. The second-order valence-electron chi connectivity index (χ2n) is 5.55. The van der Waals surface area contributed by atoms with E-state index < -0.39 is 35.1 Å². The number of amides is 1. The molecule has 2 aromatic rings. The van der Waals surface area contributed by atoms with Crippen LogP contribution in [0.25, 0.3) is 6.08 Å². The molecule has 1 N–H and O–H groups in total. The van der Waals surface area contributed by atoms with Gasteiger partial charge in [0.15, 0.2) is 0 Å². The van der Waals surface area contributed by atoms with E-state index in [1.165, 1.54) is 0 Å². The van der Waals surface area contributed by atoms with Crippen LogP contribution in [0.3, 0.4) is 0 Å². The highest BCUT2D eigenvalue weighted by Crippen LogP contribution is 2.31. The van der Waals surface area contributed by atoms with Crippen molar-refractivity contribution in [3.8, 4) is 6.07 Å². The van der Waals surface area contributed by atoms with Crippen LogP contribution in [-0.4, -0.2) is 5.91 Å². The van der Waals surface area contributed by atoms with E-state index in [0.717, 1.165) is 17.7 Å². The number of nitrogens with zero attached hydrogens (tertiary/aromatic N) is 1. The third-order valence-electron chi connectivity index (χ3n) is 3.57. The molecular weight excluding hydrogens is 348 g/mol. The highest BCUT2D eigenvalue weighted by atomic mass is 19.4. The largest absolute Gasteiger partial charge is 0.416 e. The number of halogens is 4. The third-order valence-corrected chi connectivity index (χ3v) is 3.57. The van der Waals surface area contributed by atoms with E-state index in [4.69, 9.17) is 5.26 Å². The first-order valence-corrected chi connectivity index (χ1v) is 7.56. The van der Waals surface area contributed by atoms with E-state index in [-0.39, 0.29) is 5.56 Å². The Hall–Kier alpha value is -3.14. The van der Waals surface area contributed by atoms with Crippen LogP contribution in [0, 0.1) is 17.1 Å². The molecule has 7 heteroatoms. The van der Waals surface area contributed by atoms with Gasteiger partial charge in [0.2, 0.25) is 0 Å². The van der Waals surface area contributed by atoms with E-state index in [1.54, 1.807) is 43.3 Å². The summed E-state index contributed by atoms with van der Waals surface area (Å²) in [7, 11) is 0. The molecule has 0 spiro atoms. The summed E-state index contributed by atoms with van der Waals surface area (Å²) in [5, 5.41) is 11.7. The lowest BCUT2D eigenvalue weighted by molar-refractivity contribution is -0.137. The van der Waals surface area contributed by atoms with Gasteiger partial charge in [0.1, 0.15) is 17.5 Å².